The maximum atomic E-state index is 12.8. The van der Waals surface area contributed by atoms with E-state index >= 15 is 0 Å². The summed E-state index contributed by atoms with van der Waals surface area (Å²) in [5, 5.41) is 13.5. The lowest BCUT2D eigenvalue weighted by Crippen LogP contribution is -2.23. The van der Waals surface area contributed by atoms with Crippen LogP contribution < -0.4 is 24.3 Å². The van der Waals surface area contributed by atoms with Gasteiger partial charge in [-0.05, 0) is 42.0 Å². The van der Waals surface area contributed by atoms with Crippen LogP contribution in [0.15, 0.2) is 78.5 Å². The minimum atomic E-state index is -0.448. The summed E-state index contributed by atoms with van der Waals surface area (Å²) in [7, 11) is 1.61. The fraction of sp³-hybridized carbons (Fsp3) is 0.172. The van der Waals surface area contributed by atoms with E-state index in [9.17, 15) is 10.1 Å². The molecular weight excluding hydrogens is 470 g/mol. The summed E-state index contributed by atoms with van der Waals surface area (Å²) in [4.78, 5) is 12.8. The number of hydrogen-bond donors (Lipinski definition) is 1. The van der Waals surface area contributed by atoms with Crippen LogP contribution >= 0.6 is 0 Å². The molecule has 0 atom stereocenters. The van der Waals surface area contributed by atoms with Crippen LogP contribution in [0.4, 0.5) is 0 Å². The van der Waals surface area contributed by atoms with Crippen molar-refractivity contribution >= 4 is 22.9 Å². The van der Waals surface area contributed by atoms with Crippen molar-refractivity contribution in [3.8, 4) is 29.1 Å². The molecule has 4 aromatic rings. The summed E-state index contributed by atoms with van der Waals surface area (Å²) in [5.41, 5.74) is 2.63. The van der Waals surface area contributed by atoms with Crippen LogP contribution in [-0.4, -0.2) is 31.0 Å². The lowest BCUT2D eigenvalue weighted by Gasteiger charge is -2.11. The van der Waals surface area contributed by atoms with E-state index in [4.69, 9.17) is 18.9 Å². The lowest BCUT2D eigenvalue weighted by atomic mass is 10.1. The first-order valence-electron chi connectivity index (χ1n) is 11.8. The van der Waals surface area contributed by atoms with E-state index in [1.807, 2.05) is 72.9 Å². The SMILES string of the molecule is COc1ccccc1OCCn1cc(/C=C(\C#N)C(=O)NCc2ccc3c(c2)OCO3)c2ccccc21. The Hall–Kier alpha value is -4.90. The third kappa shape index (κ3) is 5.21. The molecule has 1 aliphatic rings. The highest BCUT2D eigenvalue weighted by Crippen LogP contribution is 2.32. The topological polar surface area (TPSA) is 94.7 Å². The molecule has 1 aliphatic heterocycles. The molecule has 8 heteroatoms. The summed E-state index contributed by atoms with van der Waals surface area (Å²) in [6, 6.07) is 22.9. The van der Waals surface area contributed by atoms with Crippen molar-refractivity contribution in [3.05, 3.63) is 89.6 Å². The van der Waals surface area contributed by atoms with Gasteiger partial charge in [-0.3, -0.25) is 4.79 Å². The predicted molar refractivity (Wildman–Crippen MR) is 138 cm³/mol. The Labute approximate surface area is 214 Å². The zero-order valence-corrected chi connectivity index (χ0v) is 20.3. The molecule has 0 bridgehead atoms. The first kappa shape index (κ1) is 23.8. The minimum absolute atomic E-state index is 0.0221. The first-order valence-corrected chi connectivity index (χ1v) is 11.8. The molecule has 0 saturated heterocycles. The van der Waals surface area contributed by atoms with Crippen molar-refractivity contribution in [2.24, 2.45) is 0 Å². The number of methoxy groups -OCH3 is 1. The van der Waals surface area contributed by atoms with Gasteiger partial charge in [0.15, 0.2) is 23.0 Å². The first-order chi connectivity index (χ1) is 18.2. The molecule has 0 radical (unpaired) electrons. The normalized spacial score (nSPS) is 12.3. The largest absolute Gasteiger partial charge is 0.493 e. The third-order valence-electron chi connectivity index (χ3n) is 6.03. The van der Waals surface area contributed by atoms with Crippen LogP contribution in [0.25, 0.3) is 17.0 Å². The van der Waals surface area contributed by atoms with Gasteiger partial charge in [0.1, 0.15) is 18.2 Å². The second-order valence-corrected chi connectivity index (χ2v) is 8.33. The zero-order valence-electron chi connectivity index (χ0n) is 20.3. The second-order valence-electron chi connectivity index (χ2n) is 8.33. The van der Waals surface area contributed by atoms with Gasteiger partial charge in [-0.25, -0.2) is 0 Å². The number of nitriles is 1. The van der Waals surface area contributed by atoms with Gasteiger partial charge in [0.25, 0.3) is 5.91 Å². The highest BCUT2D eigenvalue weighted by Gasteiger charge is 2.15. The molecule has 1 aromatic heterocycles. The summed E-state index contributed by atoms with van der Waals surface area (Å²) < 4.78 is 24.0. The van der Waals surface area contributed by atoms with Crippen molar-refractivity contribution in [2.75, 3.05) is 20.5 Å². The number of ether oxygens (including phenoxy) is 4. The van der Waals surface area contributed by atoms with Crippen molar-refractivity contribution in [3.63, 3.8) is 0 Å². The average Bonchev–Trinajstić information content (AvgIpc) is 3.55. The van der Waals surface area contributed by atoms with E-state index in [2.05, 4.69) is 9.88 Å². The van der Waals surface area contributed by atoms with Crippen molar-refractivity contribution in [2.45, 2.75) is 13.1 Å². The Balaban J connectivity index is 1.30. The van der Waals surface area contributed by atoms with Crippen LogP contribution in [0.2, 0.25) is 0 Å². The van der Waals surface area contributed by atoms with E-state index in [1.54, 1.807) is 19.3 Å². The van der Waals surface area contributed by atoms with Crippen LogP contribution in [0.5, 0.6) is 23.0 Å². The number of benzene rings is 3. The van der Waals surface area contributed by atoms with Crippen LogP contribution in [0.3, 0.4) is 0 Å². The van der Waals surface area contributed by atoms with Gasteiger partial charge < -0.3 is 28.8 Å². The fourth-order valence-electron chi connectivity index (χ4n) is 4.20. The summed E-state index contributed by atoms with van der Waals surface area (Å²) in [6.07, 6.45) is 3.55. The van der Waals surface area contributed by atoms with Gasteiger partial charge in [-0.15, -0.1) is 0 Å². The van der Waals surface area contributed by atoms with Crippen LogP contribution in [-0.2, 0) is 17.9 Å². The summed E-state index contributed by atoms with van der Waals surface area (Å²) >= 11 is 0. The summed E-state index contributed by atoms with van der Waals surface area (Å²) in [6.45, 7) is 1.44. The lowest BCUT2D eigenvalue weighted by molar-refractivity contribution is -0.117. The molecular formula is C29H25N3O5. The molecule has 1 amide bonds. The molecule has 0 aliphatic carbocycles. The number of carbonyl (C=O) groups excluding carboxylic acids is 1. The Kier molecular flexibility index (Phi) is 6.95. The fourth-order valence-corrected chi connectivity index (χ4v) is 4.20. The number of hydrogen-bond acceptors (Lipinski definition) is 6. The molecule has 37 heavy (non-hydrogen) atoms. The molecule has 8 nitrogen and oxygen atoms in total. The van der Waals surface area contributed by atoms with E-state index in [0.29, 0.717) is 36.1 Å². The molecule has 2 heterocycles. The molecule has 0 spiro atoms. The molecule has 0 unspecified atom stereocenters. The minimum Gasteiger partial charge on any atom is -0.493 e. The maximum Gasteiger partial charge on any atom is 0.262 e. The quantitative estimate of drug-likeness (QED) is 0.268. The monoisotopic (exact) mass is 495 g/mol. The number of nitrogens with one attached hydrogen (secondary N) is 1. The zero-order chi connectivity index (χ0) is 25.6. The average molecular weight is 496 g/mol. The predicted octanol–water partition coefficient (Wildman–Crippen LogP) is 4.68. The molecule has 1 N–H and O–H groups in total. The Morgan fingerprint density at radius 1 is 1.08 bits per heavy atom. The third-order valence-corrected chi connectivity index (χ3v) is 6.03. The van der Waals surface area contributed by atoms with E-state index < -0.39 is 5.91 Å². The van der Waals surface area contributed by atoms with E-state index in [0.717, 1.165) is 22.0 Å². The molecule has 3 aromatic carbocycles. The second kappa shape index (κ2) is 10.8. The number of para-hydroxylation sites is 3. The molecule has 0 saturated carbocycles. The van der Waals surface area contributed by atoms with Gasteiger partial charge in [0.05, 0.1) is 13.7 Å². The summed E-state index contributed by atoms with van der Waals surface area (Å²) in [5.74, 6) is 2.22. The Morgan fingerprint density at radius 3 is 2.70 bits per heavy atom. The molecule has 5 rings (SSSR count). The Bertz CT molecular complexity index is 1520. The maximum absolute atomic E-state index is 12.8. The van der Waals surface area contributed by atoms with Gasteiger partial charge in [-0.1, -0.05) is 36.4 Å². The molecule has 186 valence electrons. The number of fused-ring (bicyclic) bond motifs is 2. The number of nitrogens with zero attached hydrogens (tertiary/aromatic N) is 2. The number of aromatic nitrogens is 1. The van der Waals surface area contributed by atoms with Gasteiger partial charge >= 0.3 is 0 Å². The van der Waals surface area contributed by atoms with Crippen molar-refractivity contribution in [1.82, 2.24) is 9.88 Å². The van der Waals surface area contributed by atoms with Crippen molar-refractivity contribution in [1.29, 1.82) is 5.26 Å². The van der Waals surface area contributed by atoms with Gasteiger partial charge in [-0.2, -0.15) is 5.26 Å². The highest BCUT2D eigenvalue weighted by molar-refractivity contribution is 6.04. The van der Waals surface area contributed by atoms with Gasteiger partial charge in [0.2, 0.25) is 6.79 Å². The molecule has 0 fully saturated rings. The van der Waals surface area contributed by atoms with E-state index in [1.165, 1.54) is 0 Å². The van der Waals surface area contributed by atoms with Crippen LogP contribution in [0, 0.1) is 11.3 Å². The number of carbonyl (C=O) groups is 1. The Morgan fingerprint density at radius 2 is 1.86 bits per heavy atom. The standard InChI is InChI=1S/C29H25N3O5/c1-34-25-8-4-5-9-26(25)35-13-12-32-18-22(23-6-2-3-7-24(23)32)15-21(16-30)29(33)31-17-20-10-11-27-28(14-20)37-19-36-27/h2-11,14-15,18H,12-13,17,19H2,1H3,(H,31,33)/b21-15+. The van der Waals surface area contributed by atoms with Gasteiger partial charge in [0, 0.05) is 29.2 Å². The highest BCUT2D eigenvalue weighted by atomic mass is 16.7. The number of amides is 1. The number of rotatable bonds is 9. The smallest absolute Gasteiger partial charge is 0.262 e. The van der Waals surface area contributed by atoms with Crippen molar-refractivity contribution < 1.29 is 23.7 Å². The van der Waals surface area contributed by atoms with Crippen LogP contribution in [0.1, 0.15) is 11.1 Å². The van der Waals surface area contributed by atoms with E-state index in [-0.39, 0.29) is 18.9 Å².